The summed E-state index contributed by atoms with van der Waals surface area (Å²) in [6.07, 6.45) is 1.15. The summed E-state index contributed by atoms with van der Waals surface area (Å²) in [5.74, 6) is 0. The molecular weight excluding hydrogens is 200 g/mol. The van der Waals surface area contributed by atoms with E-state index in [9.17, 15) is 0 Å². The molecule has 0 saturated carbocycles. The highest BCUT2D eigenvalue weighted by molar-refractivity contribution is 5.81. The van der Waals surface area contributed by atoms with Crippen molar-refractivity contribution in [1.82, 2.24) is 5.32 Å². The zero-order valence-electron chi connectivity index (χ0n) is 9.42. The summed E-state index contributed by atoms with van der Waals surface area (Å²) in [6.45, 7) is 3.72. The first-order chi connectivity index (χ1) is 7.88. The SMILES string of the molecule is CCOC1CC2=C(N1)c1ccccc1NC2. The maximum absolute atomic E-state index is 5.63. The number of para-hydroxylation sites is 1. The van der Waals surface area contributed by atoms with Crippen molar-refractivity contribution in [2.24, 2.45) is 0 Å². The molecule has 0 amide bonds. The summed E-state index contributed by atoms with van der Waals surface area (Å²) in [5.41, 5.74) is 5.18. The lowest BCUT2D eigenvalue weighted by Crippen LogP contribution is -2.25. The predicted molar refractivity (Wildman–Crippen MR) is 65.0 cm³/mol. The smallest absolute Gasteiger partial charge is 0.131 e. The molecule has 2 heterocycles. The fraction of sp³-hybridized carbons (Fsp3) is 0.385. The first-order valence-electron chi connectivity index (χ1n) is 5.82. The summed E-state index contributed by atoms with van der Waals surface area (Å²) in [7, 11) is 0. The largest absolute Gasteiger partial charge is 0.381 e. The molecular formula is C13H16N2O. The normalized spacial score (nSPS) is 22.2. The Hall–Kier alpha value is -1.48. The molecule has 1 aromatic carbocycles. The predicted octanol–water partition coefficient (Wildman–Crippen LogP) is 2.18. The minimum atomic E-state index is 0.156. The van der Waals surface area contributed by atoms with Crippen LogP contribution in [0, 0.1) is 0 Å². The van der Waals surface area contributed by atoms with E-state index in [0.29, 0.717) is 0 Å². The number of fused-ring (bicyclic) bond motifs is 2. The van der Waals surface area contributed by atoms with Gasteiger partial charge in [0, 0.05) is 36.5 Å². The number of hydrogen-bond acceptors (Lipinski definition) is 3. The van der Waals surface area contributed by atoms with Gasteiger partial charge in [0.1, 0.15) is 6.23 Å². The summed E-state index contributed by atoms with van der Waals surface area (Å²) < 4.78 is 5.63. The molecule has 0 bridgehead atoms. The van der Waals surface area contributed by atoms with Crippen LogP contribution in [0.2, 0.25) is 0 Å². The monoisotopic (exact) mass is 216 g/mol. The van der Waals surface area contributed by atoms with Crippen molar-refractivity contribution in [1.29, 1.82) is 0 Å². The van der Waals surface area contributed by atoms with Crippen molar-refractivity contribution in [2.75, 3.05) is 18.5 Å². The molecule has 0 aliphatic carbocycles. The molecule has 0 aromatic heterocycles. The zero-order chi connectivity index (χ0) is 11.0. The lowest BCUT2D eigenvalue weighted by molar-refractivity contribution is 0.0571. The number of ether oxygens (including phenoxy) is 1. The van der Waals surface area contributed by atoms with Crippen LogP contribution in [0.4, 0.5) is 5.69 Å². The van der Waals surface area contributed by atoms with Gasteiger partial charge in [-0.15, -0.1) is 0 Å². The molecule has 1 unspecified atom stereocenters. The van der Waals surface area contributed by atoms with Crippen LogP contribution in [0.15, 0.2) is 29.8 Å². The molecule has 0 radical (unpaired) electrons. The zero-order valence-corrected chi connectivity index (χ0v) is 9.42. The van der Waals surface area contributed by atoms with E-state index in [0.717, 1.165) is 19.6 Å². The van der Waals surface area contributed by atoms with Crippen LogP contribution in [0.1, 0.15) is 18.9 Å². The van der Waals surface area contributed by atoms with E-state index in [1.807, 2.05) is 6.92 Å². The van der Waals surface area contributed by atoms with Gasteiger partial charge in [-0.3, -0.25) is 0 Å². The van der Waals surface area contributed by atoms with Gasteiger partial charge < -0.3 is 15.4 Å². The van der Waals surface area contributed by atoms with Crippen LogP contribution >= 0.6 is 0 Å². The van der Waals surface area contributed by atoms with Crippen LogP contribution in [-0.4, -0.2) is 19.4 Å². The first kappa shape index (κ1) is 9.73. The molecule has 0 saturated heterocycles. The van der Waals surface area contributed by atoms with Crippen LogP contribution < -0.4 is 10.6 Å². The molecule has 2 aliphatic rings. The third-order valence-electron chi connectivity index (χ3n) is 3.15. The third-order valence-corrected chi connectivity index (χ3v) is 3.15. The van der Waals surface area contributed by atoms with Crippen molar-refractivity contribution in [3.8, 4) is 0 Å². The van der Waals surface area contributed by atoms with E-state index in [4.69, 9.17) is 4.74 Å². The van der Waals surface area contributed by atoms with Crippen LogP contribution in [0.5, 0.6) is 0 Å². The van der Waals surface area contributed by atoms with Crippen molar-refractivity contribution in [3.05, 3.63) is 35.4 Å². The first-order valence-corrected chi connectivity index (χ1v) is 5.82. The van der Waals surface area contributed by atoms with Gasteiger partial charge in [0.15, 0.2) is 0 Å². The van der Waals surface area contributed by atoms with Crippen LogP contribution in [-0.2, 0) is 4.74 Å². The van der Waals surface area contributed by atoms with Gasteiger partial charge in [-0.05, 0) is 18.6 Å². The lowest BCUT2D eigenvalue weighted by atomic mass is 10.0. The molecule has 16 heavy (non-hydrogen) atoms. The lowest BCUT2D eigenvalue weighted by Gasteiger charge is -2.20. The second-order valence-corrected chi connectivity index (χ2v) is 4.17. The van der Waals surface area contributed by atoms with E-state index in [1.54, 1.807) is 0 Å². The number of anilines is 1. The van der Waals surface area contributed by atoms with Crippen molar-refractivity contribution in [3.63, 3.8) is 0 Å². The second kappa shape index (κ2) is 3.83. The van der Waals surface area contributed by atoms with Crippen LogP contribution in [0.25, 0.3) is 5.70 Å². The highest BCUT2D eigenvalue weighted by Gasteiger charge is 2.28. The Morgan fingerprint density at radius 3 is 3.12 bits per heavy atom. The van der Waals surface area contributed by atoms with E-state index in [-0.39, 0.29) is 6.23 Å². The molecule has 0 spiro atoms. The van der Waals surface area contributed by atoms with E-state index in [1.165, 1.54) is 22.5 Å². The van der Waals surface area contributed by atoms with Gasteiger partial charge in [0.25, 0.3) is 0 Å². The summed E-state index contributed by atoms with van der Waals surface area (Å²) in [4.78, 5) is 0. The van der Waals surface area contributed by atoms with Gasteiger partial charge in [0.2, 0.25) is 0 Å². The average molecular weight is 216 g/mol. The van der Waals surface area contributed by atoms with E-state index < -0.39 is 0 Å². The molecule has 3 nitrogen and oxygen atoms in total. The Kier molecular flexibility index (Phi) is 2.33. The quantitative estimate of drug-likeness (QED) is 0.795. The van der Waals surface area contributed by atoms with Crippen molar-refractivity contribution in [2.45, 2.75) is 19.6 Å². The summed E-state index contributed by atoms with van der Waals surface area (Å²) in [5, 5.41) is 6.91. The van der Waals surface area contributed by atoms with Crippen molar-refractivity contribution >= 4 is 11.4 Å². The Labute approximate surface area is 95.5 Å². The van der Waals surface area contributed by atoms with E-state index >= 15 is 0 Å². The Bertz CT molecular complexity index is 439. The number of hydrogen-bond donors (Lipinski definition) is 2. The number of benzene rings is 1. The number of rotatable bonds is 2. The van der Waals surface area contributed by atoms with Gasteiger partial charge in [-0.2, -0.15) is 0 Å². The Morgan fingerprint density at radius 2 is 2.25 bits per heavy atom. The highest BCUT2D eigenvalue weighted by Crippen LogP contribution is 2.35. The fourth-order valence-corrected chi connectivity index (χ4v) is 2.43. The van der Waals surface area contributed by atoms with Gasteiger partial charge in [-0.1, -0.05) is 18.2 Å². The summed E-state index contributed by atoms with van der Waals surface area (Å²) in [6, 6.07) is 8.41. The maximum atomic E-state index is 5.63. The van der Waals surface area contributed by atoms with Gasteiger partial charge in [0.05, 0.1) is 0 Å². The maximum Gasteiger partial charge on any atom is 0.131 e. The molecule has 2 aliphatic heterocycles. The molecule has 3 rings (SSSR count). The summed E-state index contributed by atoms with van der Waals surface area (Å²) >= 11 is 0. The fourth-order valence-electron chi connectivity index (χ4n) is 2.43. The molecule has 1 atom stereocenters. The highest BCUT2D eigenvalue weighted by atomic mass is 16.5. The standard InChI is InChI=1S/C13H16N2O/c1-2-16-12-7-9-8-14-11-6-4-3-5-10(11)13(9)15-12/h3-6,12,14-15H,2,7-8H2,1H3. The second-order valence-electron chi connectivity index (χ2n) is 4.17. The van der Waals surface area contributed by atoms with Gasteiger partial charge >= 0.3 is 0 Å². The molecule has 1 aromatic rings. The van der Waals surface area contributed by atoms with Crippen LogP contribution in [0.3, 0.4) is 0 Å². The van der Waals surface area contributed by atoms with Crippen molar-refractivity contribution < 1.29 is 4.74 Å². The topological polar surface area (TPSA) is 33.3 Å². The Balaban J connectivity index is 1.91. The minimum absolute atomic E-state index is 0.156. The number of nitrogens with one attached hydrogen (secondary N) is 2. The molecule has 84 valence electrons. The molecule has 0 fully saturated rings. The minimum Gasteiger partial charge on any atom is -0.381 e. The third kappa shape index (κ3) is 1.48. The average Bonchev–Trinajstić information content (AvgIpc) is 2.72. The van der Waals surface area contributed by atoms with Gasteiger partial charge in [-0.25, -0.2) is 0 Å². The Morgan fingerprint density at radius 1 is 1.38 bits per heavy atom. The molecule has 2 N–H and O–H groups in total. The van der Waals surface area contributed by atoms with E-state index in [2.05, 4.69) is 34.9 Å². The molecule has 3 heteroatoms.